The quantitative estimate of drug-likeness (QED) is 0.732. The average molecular weight is 293 g/mol. The largest absolute Gasteiger partial charge is 0.218 e. The molecule has 0 spiro atoms. The van der Waals surface area contributed by atoms with Crippen molar-refractivity contribution >= 4 is 9.84 Å². The molecule has 1 radical (unpaired) electrons. The first-order chi connectivity index (χ1) is 10.2. The molecule has 0 N–H and O–H groups in total. The Bertz CT molecular complexity index is 839. The van der Waals surface area contributed by atoms with Gasteiger partial charge in [0, 0.05) is 6.07 Å². The van der Waals surface area contributed by atoms with Gasteiger partial charge in [0.2, 0.25) is 9.84 Å². The Balaban J connectivity index is 2.09. The van der Waals surface area contributed by atoms with Gasteiger partial charge in [-0.1, -0.05) is 60.7 Å². The van der Waals surface area contributed by atoms with Crippen LogP contribution >= 0.6 is 0 Å². The zero-order chi connectivity index (χ0) is 14.7. The van der Waals surface area contributed by atoms with Gasteiger partial charge in [0.25, 0.3) is 0 Å². The van der Waals surface area contributed by atoms with Crippen molar-refractivity contribution in [2.45, 2.75) is 9.79 Å². The van der Waals surface area contributed by atoms with E-state index in [1.165, 1.54) is 0 Å². The van der Waals surface area contributed by atoms with Gasteiger partial charge >= 0.3 is 0 Å². The smallest absolute Gasteiger partial charge is 0.207 e. The SMILES string of the molecule is O=S(=O)(c1[c]c(-c2ccccc2)ccc1)c1ccccc1. The molecule has 3 aromatic carbocycles. The maximum Gasteiger partial charge on any atom is 0.207 e. The first-order valence-electron chi connectivity index (χ1n) is 6.56. The van der Waals surface area contributed by atoms with Crippen molar-refractivity contribution in [2.24, 2.45) is 0 Å². The van der Waals surface area contributed by atoms with Crippen molar-refractivity contribution in [3.05, 3.63) is 84.9 Å². The lowest BCUT2D eigenvalue weighted by Crippen LogP contribution is -2.02. The molecule has 0 amide bonds. The van der Waals surface area contributed by atoms with E-state index in [0.717, 1.165) is 11.1 Å². The topological polar surface area (TPSA) is 34.1 Å². The van der Waals surface area contributed by atoms with Crippen LogP contribution in [0.5, 0.6) is 0 Å². The monoisotopic (exact) mass is 293 g/mol. The van der Waals surface area contributed by atoms with Crippen LogP contribution in [0.2, 0.25) is 0 Å². The first-order valence-corrected chi connectivity index (χ1v) is 8.04. The van der Waals surface area contributed by atoms with Crippen LogP contribution < -0.4 is 0 Å². The van der Waals surface area contributed by atoms with E-state index in [0.29, 0.717) is 0 Å². The molecule has 21 heavy (non-hydrogen) atoms. The molecule has 0 fully saturated rings. The van der Waals surface area contributed by atoms with Crippen LogP contribution in [0, 0.1) is 6.07 Å². The minimum Gasteiger partial charge on any atom is -0.218 e. The van der Waals surface area contributed by atoms with E-state index in [4.69, 9.17) is 0 Å². The summed E-state index contributed by atoms with van der Waals surface area (Å²) in [6, 6.07) is 26.2. The summed E-state index contributed by atoms with van der Waals surface area (Å²) >= 11 is 0. The molecule has 0 aliphatic heterocycles. The van der Waals surface area contributed by atoms with Crippen molar-refractivity contribution in [1.82, 2.24) is 0 Å². The third-order valence-electron chi connectivity index (χ3n) is 3.20. The van der Waals surface area contributed by atoms with Gasteiger partial charge in [0.05, 0.1) is 9.79 Å². The molecule has 3 rings (SSSR count). The first kappa shape index (κ1) is 13.6. The Kier molecular flexibility index (Phi) is 3.59. The minimum absolute atomic E-state index is 0.190. The summed E-state index contributed by atoms with van der Waals surface area (Å²) in [6.45, 7) is 0. The van der Waals surface area contributed by atoms with Crippen molar-refractivity contribution in [2.75, 3.05) is 0 Å². The normalized spacial score (nSPS) is 11.2. The van der Waals surface area contributed by atoms with Crippen LogP contribution in [0.3, 0.4) is 0 Å². The summed E-state index contributed by atoms with van der Waals surface area (Å²) in [5, 5.41) is 0. The maximum atomic E-state index is 12.6. The van der Waals surface area contributed by atoms with E-state index >= 15 is 0 Å². The van der Waals surface area contributed by atoms with Crippen molar-refractivity contribution in [3.63, 3.8) is 0 Å². The van der Waals surface area contributed by atoms with Gasteiger partial charge in [-0.05, 0) is 29.3 Å². The zero-order valence-corrected chi connectivity index (χ0v) is 12.0. The summed E-state index contributed by atoms with van der Waals surface area (Å²) in [4.78, 5) is 0.474. The highest BCUT2D eigenvalue weighted by Gasteiger charge is 2.17. The molecule has 0 aliphatic carbocycles. The number of hydrogen-bond acceptors (Lipinski definition) is 2. The van der Waals surface area contributed by atoms with E-state index in [9.17, 15) is 8.42 Å². The van der Waals surface area contributed by atoms with Crippen molar-refractivity contribution in [1.29, 1.82) is 0 Å². The molecular formula is C18H13O2S. The minimum atomic E-state index is -3.53. The molecule has 3 aromatic rings. The molecular weight excluding hydrogens is 280 g/mol. The fourth-order valence-electron chi connectivity index (χ4n) is 2.12. The summed E-state index contributed by atoms with van der Waals surface area (Å²) in [5.74, 6) is 0. The molecule has 3 heteroatoms. The standard InChI is InChI=1S/C18H13O2S/c19-21(20,17-11-5-2-6-12-17)18-13-7-10-16(14-18)15-8-3-1-4-9-15/h1-13H. The highest BCUT2D eigenvalue weighted by molar-refractivity contribution is 7.91. The van der Waals surface area contributed by atoms with E-state index in [1.807, 2.05) is 36.4 Å². The second-order valence-corrected chi connectivity index (χ2v) is 6.53. The number of benzene rings is 3. The van der Waals surface area contributed by atoms with Crippen LogP contribution in [0.15, 0.2) is 88.7 Å². The van der Waals surface area contributed by atoms with Crippen molar-refractivity contribution < 1.29 is 8.42 Å². The van der Waals surface area contributed by atoms with E-state index in [1.54, 1.807) is 42.5 Å². The highest BCUT2D eigenvalue weighted by Crippen LogP contribution is 2.25. The van der Waals surface area contributed by atoms with Crippen LogP contribution in [-0.2, 0) is 9.84 Å². The maximum absolute atomic E-state index is 12.6. The van der Waals surface area contributed by atoms with E-state index < -0.39 is 9.84 Å². The van der Waals surface area contributed by atoms with Gasteiger partial charge in [-0.2, -0.15) is 0 Å². The van der Waals surface area contributed by atoms with E-state index in [-0.39, 0.29) is 9.79 Å². The van der Waals surface area contributed by atoms with Gasteiger partial charge < -0.3 is 0 Å². The number of rotatable bonds is 3. The van der Waals surface area contributed by atoms with Gasteiger partial charge in [-0.15, -0.1) is 0 Å². The van der Waals surface area contributed by atoms with Crippen LogP contribution in [0.25, 0.3) is 11.1 Å². The van der Waals surface area contributed by atoms with Crippen LogP contribution in [0.4, 0.5) is 0 Å². The number of hydrogen-bond donors (Lipinski definition) is 0. The van der Waals surface area contributed by atoms with E-state index in [2.05, 4.69) is 6.07 Å². The van der Waals surface area contributed by atoms with Gasteiger partial charge in [-0.3, -0.25) is 0 Å². The Morgan fingerprint density at radius 1 is 0.667 bits per heavy atom. The second kappa shape index (κ2) is 5.54. The Morgan fingerprint density at radius 3 is 1.95 bits per heavy atom. The lowest BCUT2D eigenvalue weighted by Gasteiger charge is -2.06. The zero-order valence-electron chi connectivity index (χ0n) is 11.2. The van der Waals surface area contributed by atoms with Crippen molar-refractivity contribution in [3.8, 4) is 11.1 Å². The number of sulfone groups is 1. The molecule has 0 heterocycles. The molecule has 0 unspecified atom stereocenters. The summed E-state index contributed by atoms with van der Waals surface area (Å²) in [5.41, 5.74) is 1.72. The predicted molar refractivity (Wildman–Crippen MR) is 82.6 cm³/mol. The lowest BCUT2D eigenvalue weighted by atomic mass is 10.1. The highest BCUT2D eigenvalue weighted by atomic mass is 32.2. The molecule has 0 aromatic heterocycles. The predicted octanol–water partition coefficient (Wildman–Crippen LogP) is 3.99. The average Bonchev–Trinajstić information content (AvgIpc) is 2.57. The Morgan fingerprint density at radius 2 is 1.29 bits per heavy atom. The fourth-order valence-corrected chi connectivity index (χ4v) is 3.39. The van der Waals surface area contributed by atoms with Gasteiger partial charge in [0.15, 0.2) is 0 Å². The van der Waals surface area contributed by atoms with Gasteiger partial charge in [-0.25, -0.2) is 8.42 Å². The molecule has 0 saturated carbocycles. The van der Waals surface area contributed by atoms with Gasteiger partial charge in [0.1, 0.15) is 0 Å². The summed E-state index contributed by atoms with van der Waals surface area (Å²) < 4.78 is 25.2. The molecule has 0 aliphatic rings. The summed E-state index contributed by atoms with van der Waals surface area (Å²) in [6.07, 6.45) is 0. The lowest BCUT2D eigenvalue weighted by molar-refractivity contribution is 0.596. The summed E-state index contributed by atoms with van der Waals surface area (Å²) in [7, 11) is -3.53. The fraction of sp³-hybridized carbons (Fsp3) is 0. The molecule has 0 atom stereocenters. The van der Waals surface area contributed by atoms with Crippen LogP contribution in [-0.4, -0.2) is 8.42 Å². The molecule has 0 bridgehead atoms. The second-order valence-electron chi connectivity index (χ2n) is 4.61. The molecule has 103 valence electrons. The Labute approximate surface area is 124 Å². The third-order valence-corrected chi connectivity index (χ3v) is 4.91. The Hall–Kier alpha value is -2.39. The molecule has 2 nitrogen and oxygen atoms in total. The molecule has 0 saturated heterocycles. The third kappa shape index (κ3) is 2.73. The van der Waals surface area contributed by atoms with Crippen LogP contribution in [0.1, 0.15) is 0 Å².